The molecule has 12 heteroatoms. The van der Waals surface area contributed by atoms with E-state index in [9.17, 15) is 9.59 Å². The first-order chi connectivity index (χ1) is 15.6. The summed E-state index contributed by atoms with van der Waals surface area (Å²) in [6.45, 7) is 3.66. The lowest BCUT2D eigenvalue weighted by Gasteiger charge is -2.31. The largest absolute Gasteiger partial charge is 0.339 e. The minimum absolute atomic E-state index is 0.0287. The molecule has 0 radical (unpaired) electrons. The maximum atomic E-state index is 12.9. The number of fused-ring (bicyclic) bond motifs is 1. The zero-order valence-electron chi connectivity index (χ0n) is 17.2. The molecule has 32 heavy (non-hydrogen) atoms. The molecule has 1 aliphatic rings. The lowest BCUT2D eigenvalue weighted by atomic mass is 9.97. The number of hydrogen-bond acceptors (Lipinski definition) is 10. The Morgan fingerprint density at radius 1 is 1.19 bits per heavy atom. The highest BCUT2D eigenvalue weighted by molar-refractivity contribution is 7.13. The van der Waals surface area contributed by atoms with Crippen molar-refractivity contribution in [2.75, 3.05) is 24.5 Å². The van der Waals surface area contributed by atoms with Crippen molar-refractivity contribution in [3.8, 4) is 0 Å². The van der Waals surface area contributed by atoms with E-state index in [2.05, 4.69) is 25.5 Å². The second-order valence-corrected chi connectivity index (χ2v) is 9.08. The van der Waals surface area contributed by atoms with Crippen LogP contribution in [0.15, 0.2) is 33.7 Å². The van der Waals surface area contributed by atoms with E-state index in [0.29, 0.717) is 47.1 Å². The molecule has 0 spiro atoms. The van der Waals surface area contributed by atoms with E-state index in [4.69, 9.17) is 4.63 Å². The van der Waals surface area contributed by atoms with Crippen molar-refractivity contribution in [1.29, 1.82) is 0 Å². The number of amides is 2. The van der Waals surface area contributed by atoms with Gasteiger partial charge in [0.2, 0.25) is 5.13 Å². The van der Waals surface area contributed by atoms with Gasteiger partial charge in [-0.3, -0.25) is 14.5 Å². The molecule has 0 aliphatic carbocycles. The van der Waals surface area contributed by atoms with Gasteiger partial charge in [0.1, 0.15) is 22.2 Å². The van der Waals surface area contributed by atoms with Crippen LogP contribution in [-0.2, 0) is 0 Å². The molecule has 4 aromatic rings. The average molecular weight is 470 g/mol. The molecule has 0 saturated carbocycles. The van der Waals surface area contributed by atoms with Crippen LogP contribution in [0.5, 0.6) is 0 Å². The van der Waals surface area contributed by atoms with Gasteiger partial charge < -0.3 is 4.90 Å². The Balaban J connectivity index is 1.23. The van der Waals surface area contributed by atoms with E-state index in [-0.39, 0.29) is 17.7 Å². The molecule has 4 heterocycles. The van der Waals surface area contributed by atoms with Crippen molar-refractivity contribution in [2.45, 2.75) is 25.7 Å². The molecule has 1 saturated heterocycles. The van der Waals surface area contributed by atoms with Crippen molar-refractivity contribution in [1.82, 2.24) is 30.4 Å². The van der Waals surface area contributed by atoms with Gasteiger partial charge in [-0.1, -0.05) is 11.3 Å². The molecular weight excluding hydrogens is 450 g/mol. The van der Waals surface area contributed by atoms with Gasteiger partial charge in [0.25, 0.3) is 11.8 Å². The maximum Gasteiger partial charge on any atom is 0.279 e. The van der Waals surface area contributed by atoms with Gasteiger partial charge in [-0.2, -0.15) is 0 Å². The summed E-state index contributed by atoms with van der Waals surface area (Å²) in [6.07, 6.45) is 1.60. The highest BCUT2D eigenvalue weighted by atomic mass is 32.1. The Morgan fingerprint density at radius 2 is 2.00 bits per heavy atom. The van der Waals surface area contributed by atoms with E-state index in [1.165, 1.54) is 22.7 Å². The Hall–Kier alpha value is -3.25. The maximum absolute atomic E-state index is 12.9. The fraction of sp³-hybridized carbons (Fsp3) is 0.350. The summed E-state index contributed by atoms with van der Waals surface area (Å²) in [5, 5.41) is 18.7. The van der Waals surface area contributed by atoms with E-state index in [1.54, 1.807) is 34.0 Å². The highest BCUT2D eigenvalue weighted by Crippen LogP contribution is 2.31. The SMILES string of the molecule is CCN(C(=O)c1csc(C2CCN(C(=O)c3ccc4nonc4c3)CC2)n1)c1nncs1. The topological polar surface area (TPSA) is 118 Å². The molecule has 10 nitrogen and oxygen atoms in total. The van der Waals surface area contributed by atoms with Crippen molar-refractivity contribution < 1.29 is 14.2 Å². The highest BCUT2D eigenvalue weighted by Gasteiger charge is 2.28. The lowest BCUT2D eigenvalue weighted by Crippen LogP contribution is -2.38. The summed E-state index contributed by atoms with van der Waals surface area (Å²) in [6, 6.07) is 5.19. The van der Waals surface area contributed by atoms with Crippen LogP contribution >= 0.6 is 22.7 Å². The van der Waals surface area contributed by atoms with E-state index in [0.717, 1.165) is 17.8 Å². The number of anilines is 1. The van der Waals surface area contributed by atoms with Crippen LogP contribution in [0.2, 0.25) is 0 Å². The number of benzene rings is 1. The third-order valence-electron chi connectivity index (χ3n) is 5.51. The Labute approximate surface area is 190 Å². The molecule has 0 unspecified atom stereocenters. The summed E-state index contributed by atoms with van der Waals surface area (Å²) in [4.78, 5) is 33.8. The van der Waals surface area contributed by atoms with Gasteiger partial charge >= 0.3 is 0 Å². The molecule has 1 aliphatic heterocycles. The Morgan fingerprint density at radius 3 is 2.75 bits per heavy atom. The Kier molecular flexibility index (Phi) is 5.62. The molecule has 1 fully saturated rings. The Bertz CT molecular complexity index is 1250. The van der Waals surface area contributed by atoms with Crippen LogP contribution in [0.1, 0.15) is 51.5 Å². The second-order valence-electron chi connectivity index (χ2n) is 7.38. The molecular formula is C20H19N7O3S2. The molecule has 0 atom stereocenters. The molecule has 1 aromatic carbocycles. The number of hydrogen-bond donors (Lipinski definition) is 0. The summed E-state index contributed by atoms with van der Waals surface area (Å²) in [5.74, 6) is 0.0283. The van der Waals surface area contributed by atoms with Gasteiger partial charge in [0.15, 0.2) is 0 Å². The summed E-state index contributed by atoms with van der Waals surface area (Å²) >= 11 is 2.82. The second kappa shape index (κ2) is 8.71. The predicted octanol–water partition coefficient (Wildman–Crippen LogP) is 3.22. The number of thiazole rings is 1. The summed E-state index contributed by atoms with van der Waals surface area (Å²) < 4.78 is 4.71. The third-order valence-corrected chi connectivity index (χ3v) is 7.23. The standard InChI is InChI=1S/C20H19N7O3S2/c1-2-27(20-23-21-11-32-20)19(29)16-10-31-17(22-16)12-5-7-26(8-6-12)18(28)13-3-4-14-15(9-13)25-30-24-14/h3-4,9-12H,2,5-8H2,1H3. The zero-order chi connectivity index (χ0) is 22.1. The fourth-order valence-electron chi connectivity index (χ4n) is 3.79. The number of carbonyl (C=O) groups is 2. The quantitative estimate of drug-likeness (QED) is 0.437. The number of likely N-dealkylation sites (tertiary alicyclic amines) is 1. The number of piperidine rings is 1. The molecule has 3 aromatic heterocycles. The minimum Gasteiger partial charge on any atom is -0.339 e. The molecule has 164 valence electrons. The van der Waals surface area contributed by atoms with Crippen LogP contribution in [-0.4, -0.2) is 61.8 Å². The van der Waals surface area contributed by atoms with E-state index >= 15 is 0 Å². The first kappa shape index (κ1) is 20.6. The van der Waals surface area contributed by atoms with Crippen molar-refractivity contribution in [2.24, 2.45) is 0 Å². The first-order valence-electron chi connectivity index (χ1n) is 10.2. The summed E-state index contributed by atoms with van der Waals surface area (Å²) in [7, 11) is 0. The van der Waals surface area contributed by atoms with Gasteiger partial charge in [0.05, 0.1) is 5.01 Å². The van der Waals surface area contributed by atoms with Crippen LogP contribution < -0.4 is 4.90 Å². The fourth-order valence-corrected chi connectivity index (χ4v) is 5.38. The third kappa shape index (κ3) is 3.86. The predicted molar refractivity (Wildman–Crippen MR) is 119 cm³/mol. The van der Waals surface area contributed by atoms with Gasteiger partial charge in [-0.15, -0.1) is 21.5 Å². The summed E-state index contributed by atoms with van der Waals surface area (Å²) in [5.41, 5.74) is 3.80. The average Bonchev–Trinajstić information content (AvgIpc) is 3.60. The lowest BCUT2D eigenvalue weighted by molar-refractivity contribution is 0.0713. The molecule has 0 bridgehead atoms. The number of carbonyl (C=O) groups excluding carboxylic acids is 2. The number of nitrogens with zero attached hydrogens (tertiary/aromatic N) is 7. The van der Waals surface area contributed by atoms with Crippen molar-refractivity contribution in [3.63, 3.8) is 0 Å². The molecule has 0 N–H and O–H groups in total. The van der Waals surface area contributed by atoms with Gasteiger partial charge in [-0.25, -0.2) is 9.61 Å². The monoisotopic (exact) mass is 469 g/mol. The zero-order valence-corrected chi connectivity index (χ0v) is 18.8. The van der Waals surface area contributed by atoms with Gasteiger partial charge in [0, 0.05) is 36.5 Å². The van der Waals surface area contributed by atoms with Crippen LogP contribution in [0.4, 0.5) is 5.13 Å². The van der Waals surface area contributed by atoms with Crippen LogP contribution in [0.25, 0.3) is 11.0 Å². The minimum atomic E-state index is -0.169. The van der Waals surface area contributed by atoms with Crippen molar-refractivity contribution in [3.05, 3.63) is 45.4 Å². The first-order valence-corrected chi connectivity index (χ1v) is 11.9. The number of aromatic nitrogens is 5. The van der Waals surface area contributed by atoms with E-state index in [1.807, 2.05) is 11.8 Å². The molecule has 5 rings (SSSR count). The molecule has 2 amide bonds. The normalized spacial score (nSPS) is 14.7. The van der Waals surface area contributed by atoms with Crippen LogP contribution in [0, 0.1) is 0 Å². The number of rotatable bonds is 5. The van der Waals surface area contributed by atoms with E-state index < -0.39 is 0 Å². The van der Waals surface area contributed by atoms with Gasteiger partial charge in [-0.05, 0) is 48.3 Å². The van der Waals surface area contributed by atoms with Crippen LogP contribution in [0.3, 0.4) is 0 Å². The van der Waals surface area contributed by atoms with Crippen molar-refractivity contribution >= 4 is 50.7 Å². The smallest absolute Gasteiger partial charge is 0.279 e.